The number of nitrogens with one attached hydrogen (secondary N) is 1. The summed E-state index contributed by atoms with van der Waals surface area (Å²) < 4.78 is 15.8. The lowest BCUT2D eigenvalue weighted by Crippen LogP contribution is -2.03. The molecule has 5 heteroatoms. The van der Waals surface area contributed by atoms with Gasteiger partial charge < -0.3 is 19.5 Å². The van der Waals surface area contributed by atoms with E-state index in [2.05, 4.69) is 5.32 Å². The van der Waals surface area contributed by atoms with E-state index in [1.54, 1.807) is 27.4 Å². The minimum absolute atomic E-state index is 0.143. The highest BCUT2D eigenvalue weighted by Gasteiger charge is 2.24. The summed E-state index contributed by atoms with van der Waals surface area (Å²) in [7, 11) is 4.78. The third kappa shape index (κ3) is 2.85. The Bertz CT molecular complexity index is 773. The first-order chi connectivity index (χ1) is 11.1. The standard InChI is InChI=1S/C18H17NO4/c1-21-12-4-5-17-15(10-12)16(18(20)19-17)8-11-6-13(22-2)9-14(7-11)23-3/h4-10H,1-3H3,(H,19,20)/b16-8+. The Morgan fingerprint density at radius 3 is 2.13 bits per heavy atom. The number of rotatable bonds is 4. The largest absolute Gasteiger partial charge is 0.497 e. The molecule has 118 valence electrons. The Hall–Kier alpha value is -2.95. The monoisotopic (exact) mass is 311 g/mol. The molecule has 0 bridgehead atoms. The Morgan fingerprint density at radius 2 is 1.52 bits per heavy atom. The van der Waals surface area contributed by atoms with E-state index in [-0.39, 0.29) is 5.91 Å². The Morgan fingerprint density at radius 1 is 0.870 bits per heavy atom. The van der Waals surface area contributed by atoms with Crippen LogP contribution in [0.3, 0.4) is 0 Å². The average Bonchev–Trinajstić information content (AvgIpc) is 2.89. The van der Waals surface area contributed by atoms with Crippen molar-refractivity contribution < 1.29 is 19.0 Å². The molecule has 1 N–H and O–H groups in total. The van der Waals surface area contributed by atoms with Crippen LogP contribution in [0.1, 0.15) is 11.1 Å². The average molecular weight is 311 g/mol. The number of carbonyl (C=O) groups excluding carboxylic acids is 1. The molecule has 5 nitrogen and oxygen atoms in total. The quantitative estimate of drug-likeness (QED) is 0.881. The Kier molecular flexibility index (Phi) is 3.93. The molecule has 1 aliphatic rings. The molecule has 0 aliphatic carbocycles. The number of anilines is 1. The van der Waals surface area contributed by atoms with Crippen LogP contribution in [0.15, 0.2) is 36.4 Å². The molecule has 2 aromatic carbocycles. The van der Waals surface area contributed by atoms with Crippen LogP contribution >= 0.6 is 0 Å². The topological polar surface area (TPSA) is 56.8 Å². The van der Waals surface area contributed by atoms with Crippen molar-refractivity contribution in [3.8, 4) is 17.2 Å². The lowest BCUT2D eigenvalue weighted by molar-refractivity contribution is -0.110. The molecule has 0 fully saturated rings. The highest BCUT2D eigenvalue weighted by Crippen LogP contribution is 2.36. The fraction of sp³-hybridized carbons (Fsp3) is 0.167. The van der Waals surface area contributed by atoms with Crippen molar-refractivity contribution in [3.63, 3.8) is 0 Å². The summed E-state index contributed by atoms with van der Waals surface area (Å²) in [6.07, 6.45) is 1.81. The predicted octanol–water partition coefficient (Wildman–Crippen LogP) is 3.21. The van der Waals surface area contributed by atoms with Crippen LogP contribution in [0.4, 0.5) is 5.69 Å². The molecular formula is C18H17NO4. The number of amides is 1. The van der Waals surface area contributed by atoms with Gasteiger partial charge in [0.2, 0.25) is 0 Å². The second-order valence-electron chi connectivity index (χ2n) is 5.07. The van der Waals surface area contributed by atoms with Crippen LogP contribution in [0.2, 0.25) is 0 Å². The molecule has 0 unspecified atom stereocenters. The fourth-order valence-corrected chi connectivity index (χ4v) is 2.52. The van der Waals surface area contributed by atoms with E-state index in [1.165, 1.54) is 0 Å². The fourth-order valence-electron chi connectivity index (χ4n) is 2.52. The van der Waals surface area contributed by atoms with Gasteiger partial charge in [-0.25, -0.2) is 0 Å². The zero-order valence-electron chi connectivity index (χ0n) is 13.2. The maximum absolute atomic E-state index is 12.3. The van der Waals surface area contributed by atoms with Gasteiger partial charge in [-0.1, -0.05) is 0 Å². The molecule has 0 aromatic heterocycles. The first kappa shape index (κ1) is 15.0. The van der Waals surface area contributed by atoms with Crippen LogP contribution in [-0.2, 0) is 4.79 Å². The zero-order valence-corrected chi connectivity index (χ0v) is 13.2. The summed E-state index contributed by atoms with van der Waals surface area (Å²) >= 11 is 0. The van der Waals surface area contributed by atoms with Gasteiger partial charge in [0.05, 0.1) is 21.3 Å². The van der Waals surface area contributed by atoms with E-state index in [0.717, 1.165) is 16.8 Å². The van der Waals surface area contributed by atoms with Crippen molar-refractivity contribution in [1.82, 2.24) is 0 Å². The number of hydrogen-bond acceptors (Lipinski definition) is 4. The van der Waals surface area contributed by atoms with Crippen molar-refractivity contribution in [3.05, 3.63) is 47.5 Å². The van der Waals surface area contributed by atoms with Gasteiger partial charge in [0.25, 0.3) is 5.91 Å². The van der Waals surface area contributed by atoms with E-state index in [9.17, 15) is 4.79 Å². The van der Waals surface area contributed by atoms with Crippen molar-refractivity contribution in [1.29, 1.82) is 0 Å². The molecule has 0 saturated heterocycles. The predicted molar refractivity (Wildman–Crippen MR) is 89.0 cm³/mol. The van der Waals surface area contributed by atoms with Gasteiger partial charge in [0.1, 0.15) is 17.2 Å². The highest BCUT2D eigenvalue weighted by molar-refractivity contribution is 6.35. The minimum Gasteiger partial charge on any atom is -0.497 e. The summed E-state index contributed by atoms with van der Waals surface area (Å²) in [6, 6.07) is 11.0. The second-order valence-corrected chi connectivity index (χ2v) is 5.07. The summed E-state index contributed by atoms with van der Waals surface area (Å²) in [5.74, 6) is 1.89. The van der Waals surface area contributed by atoms with E-state index < -0.39 is 0 Å². The number of fused-ring (bicyclic) bond motifs is 1. The Balaban J connectivity index is 2.08. The van der Waals surface area contributed by atoms with Gasteiger partial charge in [-0.2, -0.15) is 0 Å². The van der Waals surface area contributed by atoms with Gasteiger partial charge in [-0.3, -0.25) is 4.79 Å². The van der Waals surface area contributed by atoms with Crippen LogP contribution in [0, 0.1) is 0 Å². The van der Waals surface area contributed by atoms with Crippen LogP contribution in [-0.4, -0.2) is 27.2 Å². The van der Waals surface area contributed by atoms with Crippen LogP contribution < -0.4 is 19.5 Å². The normalized spacial score (nSPS) is 14.4. The molecule has 2 aromatic rings. The molecular weight excluding hydrogens is 294 g/mol. The van der Waals surface area contributed by atoms with E-state index >= 15 is 0 Å². The Labute approximate surface area is 134 Å². The SMILES string of the molecule is COc1cc(/C=C2/C(=O)Nc3ccc(OC)cc32)cc(OC)c1. The van der Waals surface area contributed by atoms with Gasteiger partial charge in [0.15, 0.2) is 0 Å². The van der Waals surface area contributed by atoms with Gasteiger partial charge >= 0.3 is 0 Å². The molecule has 1 heterocycles. The minimum atomic E-state index is -0.143. The second kappa shape index (κ2) is 6.04. The summed E-state index contributed by atoms with van der Waals surface area (Å²) in [6.45, 7) is 0. The van der Waals surface area contributed by atoms with E-state index in [1.807, 2.05) is 36.4 Å². The molecule has 23 heavy (non-hydrogen) atoms. The van der Waals surface area contributed by atoms with Crippen molar-refractivity contribution in [2.24, 2.45) is 0 Å². The number of ether oxygens (including phenoxy) is 3. The van der Waals surface area contributed by atoms with Crippen molar-refractivity contribution >= 4 is 23.2 Å². The van der Waals surface area contributed by atoms with Gasteiger partial charge in [-0.05, 0) is 42.0 Å². The number of methoxy groups -OCH3 is 3. The third-order valence-electron chi connectivity index (χ3n) is 3.69. The molecule has 1 aliphatic heterocycles. The number of benzene rings is 2. The van der Waals surface area contributed by atoms with E-state index in [0.29, 0.717) is 22.8 Å². The smallest absolute Gasteiger partial charge is 0.256 e. The van der Waals surface area contributed by atoms with Crippen molar-refractivity contribution in [2.45, 2.75) is 0 Å². The van der Waals surface area contributed by atoms with Crippen LogP contribution in [0.5, 0.6) is 17.2 Å². The maximum Gasteiger partial charge on any atom is 0.256 e. The van der Waals surface area contributed by atoms with Gasteiger partial charge in [0, 0.05) is 22.9 Å². The highest BCUT2D eigenvalue weighted by atomic mass is 16.5. The number of hydrogen-bond donors (Lipinski definition) is 1. The maximum atomic E-state index is 12.3. The lowest BCUT2D eigenvalue weighted by atomic mass is 10.0. The first-order valence-electron chi connectivity index (χ1n) is 7.09. The van der Waals surface area contributed by atoms with Crippen LogP contribution in [0.25, 0.3) is 11.6 Å². The number of carbonyl (C=O) groups is 1. The lowest BCUT2D eigenvalue weighted by Gasteiger charge is -2.07. The third-order valence-corrected chi connectivity index (χ3v) is 3.69. The van der Waals surface area contributed by atoms with Gasteiger partial charge in [-0.15, -0.1) is 0 Å². The summed E-state index contributed by atoms with van der Waals surface area (Å²) in [5, 5.41) is 2.85. The molecule has 0 saturated carbocycles. The molecule has 0 spiro atoms. The summed E-state index contributed by atoms with van der Waals surface area (Å²) in [5.41, 5.74) is 2.99. The molecule has 3 rings (SSSR count). The van der Waals surface area contributed by atoms with Crippen molar-refractivity contribution in [2.75, 3.05) is 26.6 Å². The first-order valence-corrected chi connectivity index (χ1v) is 7.09. The zero-order chi connectivity index (χ0) is 16.4. The van der Waals surface area contributed by atoms with E-state index in [4.69, 9.17) is 14.2 Å². The summed E-state index contributed by atoms with van der Waals surface area (Å²) in [4.78, 5) is 12.3. The molecule has 0 atom stereocenters. The molecule has 1 amide bonds. The molecule has 0 radical (unpaired) electrons.